The Balaban J connectivity index is 1.33. The number of nitrogens with zero attached hydrogens (tertiary/aromatic N) is 3. The topological polar surface area (TPSA) is 45.2 Å². The Hall–Kier alpha value is -3.51. The van der Waals surface area contributed by atoms with E-state index in [-0.39, 0.29) is 5.97 Å². The normalized spacial score (nSPS) is 17.5. The fraction of sp³-hybridized carbons (Fsp3) is 0.472. The van der Waals surface area contributed by atoms with E-state index in [1.807, 2.05) is 26.8 Å². The van der Waals surface area contributed by atoms with Crippen molar-refractivity contribution in [2.75, 3.05) is 56.7 Å². The monoisotopic (exact) mass is 569 g/mol. The summed E-state index contributed by atoms with van der Waals surface area (Å²) in [7, 11) is 3.94. The van der Waals surface area contributed by atoms with Crippen LogP contribution in [0, 0.1) is 5.41 Å². The van der Waals surface area contributed by atoms with Gasteiger partial charge in [0.1, 0.15) is 11.5 Å². The van der Waals surface area contributed by atoms with Crippen LogP contribution < -0.4 is 19.3 Å². The van der Waals surface area contributed by atoms with E-state index in [0.29, 0.717) is 11.7 Å². The van der Waals surface area contributed by atoms with Crippen molar-refractivity contribution in [2.24, 2.45) is 5.41 Å². The van der Waals surface area contributed by atoms with E-state index in [4.69, 9.17) is 9.47 Å². The van der Waals surface area contributed by atoms with Crippen molar-refractivity contribution in [3.8, 4) is 11.5 Å². The van der Waals surface area contributed by atoms with Gasteiger partial charge in [0.05, 0.1) is 12.5 Å². The fourth-order valence-corrected chi connectivity index (χ4v) is 6.05. The summed E-state index contributed by atoms with van der Waals surface area (Å²) in [6.07, 6.45) is 2.99. The Morgan fingerprint density at radius 2 is 1.64 bits per heavy atom. The standard InChI is InChI=1S/C36H47N3O3/c1-7-38(25-26-8-13-30(14-9-26)39-20-18-37(5)19-21-39)34-24-31(41-6)16-17-33(34)29-11-10-28-23-32(15-12-27(28)22-29)42-35(40)36(2,3)4/h8-9,12-17,23-24,29H,7,10-11,18-22,25H2,1-6H3. The number of hydrogen-bond acceptors (Lipinski definition) is 6. The van der Waals surface area contributed by atoms with Crippen LogP contribution in [0.3, 0.4) is 0 Å². The number of ether oxygens (including phenoxy) is 2. The van der Waals surface area contributed by atoms with Crippen molar-refractivity contribution in [2.45, 2.75) is 59.4 Å². The highest BCUT2D eigenvalue weighted by atomic mass is 16.5. The lowest BCUT2D eigenvalue weighted by Crippen LogP contribution is -2.44. The fourth-order valence-electron chi connectivity index (χ4n) is 6.05. The van der Waals surface area contributed by atoms with Crippen LogP contribution in [-0.2, 0) is 24.2 Å². The van der Waals surface area contributed by atoms with E-state index in [1.165, 1.54) is 33.6 Å². The molecule has 1 aliphatic carbocycles. The SMILES string of the molecule is CCN(Cc1ccc(N2CCN(C)CC2)cc1)c1cc(OC)ccc1C1CCc2cc(OC(=O)C(C)(C)C)ccc2C1. The molecule has 1 atom stereocenters. The number of carbonyl (C=O) groups is 1. The summed E-state index contributed by atoms with van der Waals surface area (Å²) >= 11 is 0. The lowest BCUT2D eigenvalue weighted by atomic mass is 9.79. The van der Waals surface area contributed by atoms with E-state index in [2.05, 4.69) is 83.3 Å². The van der Waals surface area contributed by atoms with Gasteiger partial charge in [-0.15, -0.1) is 0 Å². The molecule has 0 N–H and O–H groups in total. The van der Waals surface area contributed by atoms with Crippen molar-refractivity contribution < 1.29 is 14.3 Å². The minimum atomic E-state index is -0.524. The van der Waals surface area contributed by atoms with Gasteiger partial charge in [-0.1, -0.05) is 24.3 Å². The molecule has 0 aromatic heterocycles. The minimum Gasteiger partial charge on any atom is -0.497 e. The van der Waals surface area contributed by atoms with Gasteiger partial charge in [0.15, 0.2) is 0 Å². The Morgan fingerprint density at radius 3 is 2.31 bits per heavy atom. The molecule has 224 valence electrons. The third-order valence-electron chi connectivity index (χ3n) is 8.81. The van der Waals surface area contributed by atoms with E-state index in [0.717, 1.165) is 64.3 Å². The first-order valence-electron chi connectivity index (χ1n) is 15.4. The first-order chi connectivity index (χ1) is 20.1. The second-order valence-electron chi connectivity index (χ2n) is 12.9. The van der Waals surface area contributed by atoms with Crippen LogP contribution in [0.2, 0.25) is 0 Å². The number of esters is 1. The number of benzene rings is 3. The molecule has 6 heteroatoms. The molecule has 3 aromatic carbocycles. The van der Waals surface area contributed by atoms with Crippen molar-refractivity contribution in [1.29, 1.82) is 0 Å². The van der Waals surface area contributed by atoms with Gasteiger partial charge in [-0.25, -0.2) is 0 Å². The van der Waals surface area contributed by atoms with Gasteiger partial charge in [-0.3, -0.25) is 4.79 Å². The first kappa shape index (κ1) is 30.0. The van der Waals surface area contributed by atoms with Gasteiger partial charge in [0.25, 0.3) is 0 Å². The Kier molecular flexibility index (Phi) is 9.12. The molecule has 0 amide bonds. The maximum absolute atomic E-state index is 12.4. The second-order valence-corrected chi connectivity index (χ2v) is 12.9. The molecular formula is C36H47N3O3. The smallest absolute Gasteiger partial charge is 0.316 e. The molecule has 1 aliphatic heterocycles. The summed E-state index contributed by atoms with van der Waals surface area (Å²) in [5.41, 5.74) is 7.36. The van der Waals surface area contributed by atoms with E-state index in [9.17, 15) is 4.79 Å². The summed E-state index contributed by atoms with van der Waals surface area (Å²) < 4.78 is 11.4. The zero-order valence-electron chi connectivity index (χ0n) is 26.3. The summed E-state index contributed by atoms with van der Waals surface area (Å²) in [6.45, 7) is 14.0. The number of piperazine rings is 1. The van der Waals surface area contributed by atoms with Crippen LogP contribution in [0.1, 0.15) is 62.3 Å². The van der Waals surface area contributed by atoms with Crippen molar-refractivity contribution in [3.05, 3.63) is 82.9 Å². The molecule has 5 rings (SSSR count). The van der Waals surface area contributed by atoms with E-state index < -0.39 is 5.41 Å². The number of fused-ring (bicyclic) bond motifs is 1. The maximum Gasteiger partial charge on any atom is 0.316 e. The Bertz CT molecular complexity index is 1370. The summed E-state index contributed by atoms with van der Waals surface area (Å²) in [5, 5.41) is 0. The van der Waals surface area contributed by atoms with E-state index >= 15 is 0 Å². The molecule has 1 unspecified atom stereocenters. The highest BCUT2D eigenvalue weighted by Crippen LogP contribution is 2.40. The third kappa shape index (κ3) is 6.92. The predicted molar refractivity (Wildman–Crippen MR) is 172 cm³/mol. The van der Waals surface area contributed by atoms with Crippen molar-refractivity contribution in [1.82, 2.24) is 4.90 Å². The summed E-state index contributed by atoms with van der Waals surface area (Å²) in [4.78, 5) is 19.8. The maximum atomic E-state index is 12.4. The number of carbonyl (C=O) groups excluding carboxylic acids is 1. The van der Waals surface area contributed by atoms with Gasteiger partial charge < -0.3 is 24.2 Å². The molecule has 1 heterocycles. The van der Waals surface area contributed by atoms with E-state index in [1.54, 1.807) is 7.11 Å². The Morgan fingerprint density at radius 1 is 0.929 bits per heavy atom. The average molecular weight is 570 g/mol. The molecule has 3 aromatic rings. The van der Waals surface area contributed by atoms with Crippen molar-refractivity contribution >= 4 is 17.3 Å². The van der Waals surface area contributed by atoms with Crippen LogP contribution in [0.4, 0.5) is 11.4 Å². The molecule has 2 aliphatic rings. The van der Waals surface area contributed by atoms with Crippen LogP contribution in [0.25, 0.3) is 0 Å². The van der Waals surface area contributed by atoms with Gasteiger partial charge in [0.2, 0.25) is 0 Å². The van der Waals surface area contributed by atoms with Crippen LogP contribution in [-0.4, -0.2) is 57.8 Å². The van der Waals surface area contributed by atoms with Crippen molar-refractivity contribution in [3.63, 3.8) is 0 Å². The van der Waals surface area contributed by atoms with Gasteiger partial charge in [0, 0.05) is 56.7 Å². The van der Waals surface area contributed by atoms with Gasteiger partial charge in [-0.2, -0.15) is 0 Å². The predicted octanol–water partition coefficient (Wildman–Crippen LogP) is 6.70. The molecular weight excluding hydrogens is 522 g/mol. The minimum absolute atomic E-state index is 0.201. The molecule has 1 fully saturated rings. The average Bonchev–Trinajstić information content (AvgIpc) is 2.99. The molecule has 1 saturated heterocycles. The zero-order valence-corrected chi connectivity index (χ0v) is 26.3. The molecule has 0 bridgehead atoms. The molecule has 42 heavy (non-hydrogen) atoms. The van der Waals surface area contributed by atoms with Crippen LogP contribution in [0.15, 0.2) is 60.7 Å². The zero-order chi connectivity index (χ0) is 29.9. The van der Waals surface area contributed by atoms with Crippen LogP contribution >= 0.6 is 0 Å². The number of methoxy groups -OCH3 is 1. The summed E-state index contributed by atoms with van der Waals surface area (Å²) in [6, 6.07) is 21.9. The summed E-state index contributed by atoms with van der Waals surface area (Å²) in [5.74, 6) is 1.75. The largest absolute Gasteiger partial charge is 0.497 e. The number of aryl methyl sites for hydroxylation is 1. The quantitative estimate of drug-likeness (QED) is 0.222. The first-order valence-corrected chi connectivity index (χ1v) is 15.4. The van der Waals surface area contributed by atoms with Gasteiger partial charge in [-0.05, 0) is 113 Å². The Labute approximate surface area is 252 Å². The number of anilines is 2. The molecule has 0 spiro atoms. The number of rotatable bonds is 8. The number of likely N-dealkylation sites (N-methyl/N-ethyl adjacent to an activating group) is 1. The molecule has 0 saturated carbocycles. The molecule has 0 radical (unpaired) electrons. The highest BCUT2D eigenvalue weighted by Gasteiger charge is 2.27. The number of hydrogen-bond donors (Lipinski definition) is 0. The molecule has 6 nitrogen and oxygen atoms in total. The second kappa shape index (κ2) is 12.8. The third-order valence-corrected chi connectivity index (χ3v) is 8.81. The van der Waals surface area contributed by atoms with Crippen LogP contribution in [0.5, 0.6) is 11.5 Å². The highest BCUT2D eigenvalue weighted by molar-refractivity contribution is 5.78. The lowest BCUT2D eigenvalue weighted by molar-refractivity contribution is -0.143. The van der Waals surface area contributed by atoms with Gasteiger partial charge >= 0.3 is 5.97 Å². The lowest BCUT2D eigenvalue weighted by Gasteiger charge is -2.34.